The van der Waals surface area contributed by atoms with Crippen LogP contribution in [0.3, 0.4) is 0 Å². The fourth-order valence-electron chi connectivity index (χ4n) is 3.26. The van der Waals surface area contributed by atoms with Crippen molar-refractivity contribution < 1.29 is 23.1 Å². The van der Waals surface area contributed by atoms with Gasteiger partial charge in [-0.2, -0.15) is 5.10 Å². The number of benzene rings is 2. The first kappa shape index (κ1) is 19.7. The second kappa shape index (κ2) is 7.51. The van der Waals surface area contributed by atoms with E-state index in [1.54, 1.807) is 36.4 Å². The number of anilines is 1. The molecule has 0 aromatic heterocycles. The molecule has 2 N–H and O–H groups in total. The number of rotatable bonds is 5. The number of carbonyl (C=O) groups excluding carboxylic acids is 1. The van der Waals surface area contributed by atoms with Gasteiger partial charge in [-0.15, -0.1) is 0 Å². The molecule has 0 fully saturated rings. The van der Waals surface area contributed by atoms with Gasteiger partial charge in [-0.25, -0.2) is 13.4 Å². The zero-order chi connectivity index (χ0) is 20.5. The third kappa shape index (κ3) is 3.94. The van der Waals surface area contributed by atoms with E-state index >= 15 is 0 Å². The Kier molecular flexibility index (Phi) is 5.28. The standard InChI is InChI=1S/C19H21N3O5S/c1-12(23)22-17(14-8-6-10-18(24)19(14)27-2)11-16(20-22)13-7-4-5-9-15(13)21-28(3,25)26/h4-10,17,21,24H,11H2,1-3H3. The largest absolute Gasteiger partial charge is 0.504 e. The Hall–Kier alpha value is -3.07. The van der Waals surface area contributed by atoms with Crippen molar-refractivity contribution in [1.82, 2.24) is 5.01 Å². The topological polar surface area (TPSA) is 108 Å². The van der Waals surface area contributed by atoms with Gasteiger partial charge in [-0.3, -0.25) is 9.52 Å². The van der Waals surface area contributed by atoms with Crippen molar-refractivity contribution in [1.29, 1.82) is 0 Å². The highest BCUT2D eigenvalue weighted by molar-refractivity contribution is 7.92. The number of phenols is 1. The molecule has 1 unspecified atom stereocenters. The fourth-order valence-corrected chi connectivity index (χ4v) is 3.83. The lowest BCUT2D eigenvalue weighted by Crippen LogP contribution is -2.24. The lowest BCUT2D eigenvalue weighted by molar-refractivity contribution is -0.130. The molecule has 0 spiro atoms. The van der Waals surface area contributed by atoms with Crippen LogP contribution < -0.4 is 9.46 Å². The summed E-state index contributed by atoms with van der Waals surface area (Å²) in [7, 11) is -2.04. The Morgan fingerprint density at radius 1 is 1.25 bits per heavy atom. The van der Waals surface area contributed by atoms with Crippen molar-refractivity contribution in [3.63, 3.8) is 0 Å². The van der Waals surface area contributed by atoms with Crippen LogP contribution in [0.25, 0.3) is 0 Å². The molecule has 1 heterocycles. The SMILES string of the molecule is COc1c(O)cccc1C1CC(c2ccccc2NS(C)(=O)=O)=NN1C(C)=O. The highest BCUT2D eigenvalue weighted by Crippen LogP contribution is 2.41. The average Bonchev–Trinajstić information content (AvgIpc) is 3.06. The molecule has 0 radical (unpaired) electrons. The molecule has 2 aromatic carbocycles. The summed E-state index contributed by atoms with van der Waals surface area (Å²) < 4.78 is 31.2. The Labute approximate surface area is 163 Å². The maximum atomic E-state index is 12.2. The van der Waals surface area contributed by atoms with Gasteiger partial charge in [-0.05, 0) is 12.1 Å². The molecule has 1 aliphatic rings. The number of hydrogen-bond acceptors (Lipinski definition) is 6. The van der Waals surface area contributed by atoms with Gasteiger partial charge in [0, 0.05) is 24.5 Å². The quantitative estimate of drug-likeness (QED) is 0.797. The highest BCUT2D eigenvalue weighted by atomic mass is 32.2. The Balaban J connectivity index is 2.05. The molecule has 0 aliphatic carbocycles. The zero-order valence-electron chi connectivity index (χ0n) is 15.7. The molecule has 9 heteroatoms. The van der Waals surface area contributed by atoms with Crippen LogP contribution in [0.1, 0.15) is 30.5 Å². The maximum Gasteiger partial charge on any atom is 0.240 e. The second-order valence-electron chi connectivity index (χ2n) is 6.45. The van der Waals surface area contributed by atoms with Gasteiger partial charge >= 0.3 is 0 Å². The molecular weight excluding hydrogens is 382 g/mol. The first-order chi connectivity index (χ1) is 13.2. The van der Waals surface area contributed by atoms with E-state index in [0.29, 0.717) is 28.9 Å². The van der Waals surface area contributed by atoms with E-state index in [1.165, 1.54) is 25.1 Å². The molecule has 1 amide bonds. The molecular formula is C19H21N3O5S. The monoisotopic (exact) mass is 403 g/mol. The minimum Gasteiger partial charge on any atom is -0.504 e. The van der Waals surface area contributed by atoms with E-state index in [1.807, 2.05) is 0 Å². The molecule has 2 aromatic rings. The van der Waals surface area contributed by atoms with E-state index in [9.17, 15) is 18.3 Å². The number of nitrogens with zero attached hydrogens (tertiary/aromatic N) is 2. The van der Waals surface area contributed by atoms with Gasteiger partial charge < -0.3 is 9.84 Å². The van der Waals surface area contributed by atoms with Gasteiger partial charge in [0.15, 0.2) is 11.5 Å². The summed E-state index contributed by atoms with van der Waals surface area (Å²) in [6, 6.07) is 11.3. The molecule has 0 saturated carbocycles. The summed E-state index contributed by atoms with van der Waals surface area (Å²) >= 11 is 0. The third-order valence-corrected chi connectivity index (χ3v) is 4.94. The predicted octanol–water partition coefficient (Wildman–Crippen LogP) is 2.47. The van der Waals surface area contributed by atoms with Crippen LogP contribution in [0.15, 0.2) is 47.6 Å². The molecule has 0 saturated heterocycles. The molecule has 1 atom stereocenters. The lowest BCUT2D eigenvalue weighted by atomic mass is 9.96. The number of carbonyl (C=O) groups is 1. The fraction of sp³-hybridized carbons (Fsp3) is 0.263. The van der Waals surface area contributed by atoms with Crippen molar-refractivity contribution in [3.05, 3.63) is 53.6 Å². The summed E-state index contributed by atoms with van der Waals surface area (Å²) in [6.45, 7) is 1.40. The van der Waals surface area contributed by atoms with Crippen LogP contribution in [0.4, 0.5) is 5.69 Å². The molecule has 0 bridgehead atoms. The van der Waals surface area contributed by atoms with E-state index in [4.69, 9.17) is 4.74 Å². The van der Waals surface area contributed by atoms with E-state index in [-0.39, 0.29) is 17.4 Å². The minimum absolute atomic E-state index is 0.0314. The number of ether oxygens (including phenoxy) is 1. The van der Waals surface area contributed by atoms with Crippen LogP contribution in [-0.2, 0) is 14.8 Å². The van der Waals surface area contributed by atoms with E-state index in [0.717, 1.165) is 6.26 Å². The third-order valence-electron chi connectivity index (χ3n) is 4.35. The second-order valence-corrected chi connectivity index (χ2v) is 8.20. The van der Waals surface area contributed by atoms with E-state index in [2.05, 4.69) is 9.82 Å². The average molecular weight is 403 g/mol. The molecule has 8 nitrogen and oxygen atoms in total. The minimum atomic E-state index is -3.48. The smallest absolute Gasteiger partial charge is 0.240 e. The normalized spacial score (nSPS) is 16.6. The first-order valence-corrected chi connectivity index (χ1v) is 10.4. The number of phenolic OH excluding ortho intramolecular Hbond substituents is 1. The van der Waals surface area contributed by atoms with Crippen LogP contribution in [0, 0.1) is 0 Å². The van der Waals surface area contributed by atoms with Gasteiger partial charge in [0.05, 0.1) is 30.8 Å². The molecule has 3 rings (SSSR count). The van der Waals surface area contributed by atoms with Crippen molar-refractivity contribution in [2.75, 3.05) is 18.1 Å². The van der Waals surface area contributed by atoms with Crippen molar-refractivity contribution in [2.45, 2.75) is 19.4 Å². The Morgan fingerprint density at radius 2 is 1.96 bits per heavy atom. The van der Waals surface area contributed by atoms with Gasteiger partial charge in [0.2, 0.25) is 15.9 Å². The van der Waals surface area contributed by atoms with Crippen molar-refractivity contribution in [3.8, 4) is 11.5 Å². The maximum absolute atomic E-state index is 12.2. The van der Waals surface area contributed by atoms with Gasteiger partial charge in [0.25, 0.3) is 0 Å². The summed E-state index contributed by atoms with van der Waals surface area (Å²) in [4.78, 5) is 12.2. The number of sulfonamides is 1. The number of nitrogens with one attached hydrogen (secondary N) is 1. The number of aromatic hydroxyl groups is 1. The van der Waals surface area contributed by atoms with Crippen LogP contribution in [0.5, 0.6) is 11.5 Å². The van der Waals surface area contributed by atoms with Crippen molar-refractivity contribution >= 4 is 27.3 Å². The molecule has 28 heavy (non-hydrogen) atoms. The Morgan fingerprint density at radius 3 is 2.61 bits per heavy atom. The predicted molar refractivity (Wildman–Crippen MR) is 106 cm³/mol. The number of amides is 1. The van der Waals surface area contributed by atoms with Crippen molar-refractivity contribution in [2.24, 2.45) is 5.10 Å². The lowest BCUT2D eigenvalue weighted by Gasteiger charge is -2.22. The summed E-state index contributed by atoms with van der Waals surface area (Å²) in [5, 5.41) is 15.9. The zero-order valence-corrected chi connectivity index (χ0v) is 16.5. The molecule has 148 valence electrons. The summed E-state index contributed by atoms with van der Waals surface area (Å²) in [5.74, 6) is -0.0345. The highest BCUT2D eigenvalue weighted by Gasteiger charge is 2.34. The Bertz CT molecular complexity index is 1050. The van der Waals surface area contributed by atoms with Crippen LogP contribution in [-0.4, -0.2) is 43.5 Å². The van der Waals surface area contributed by atoms with Gasteiger partial charge in [-0.1, -0.05) is 30.3 Å². The number of methoxy groups -OCH3 is 1. The molecule has 1 aliphatic heterocycles. The summed E-state index contributed by atoms with van der Waals surface area (Å²) in [5.41, 5.74) is 2.14. The number of hydrazone groups is 1. The van der Waals surface area contributed by atoms with E-state index < -0.39 is 16.1 Å². The summed E-state index contributed by atoms with van der Waals surface area (Å²) in [6.07, 6.45) is 1.41. The van der Waals surface area contributed by atoms with Crippen LogP contribution >= 0.6 is 0 Å². The number of hydrogen-bond donors (Lipinski definition) is 2. The number of para-hydroxylation sites is 2. The van der Waals surface area contributed by atoms with Gasteiger partial charge in [0.1, 0.15) is 0 Å². The first-order valence-electron chi connectivity index (χ1n) is 8.51. The van der Waals surface area contributed by atoms with Crippen LogP contribution in [0.2, 0.25) is 0 Å².